The molecule has 3 rings (SSSR count). The molecule has 23 heavy (non-hydrogen) atoms. The molecule has 2 aromatic rings. The second-order valence-corrected chi connectivity index (χ2v) is 7.95. The first kappa shape index (κ1) is 16.0. The van der Waals surface area contributed by atoms with Crippen LogP contribution in [0.15, 0.2) is 24.8 Å². The number of aromatic nitrogens is 4. The van der Waals surface area contributed by atoms with E-state index in [1.165, 1.54) is 8.61 Å². The van der Waals surface area contributed by atoms with Crippen LogP contribution in [0.25, 0.3) is 11.3 Å². The fraction of sp³-hybridized carbons (Fsp3) is 0.500. The lowest BCUT2D eigenvalue weighted by molar-refractivity contribution is 0.296. The van der Waals surface area contributed by atoms with Gasteiger partial charge >= 0.3 is 0 Å². The molecule has 1 fully saturated rings. The zero-order valence-corrected chi connectivity index (χ0v) is 14.0. The van der Waals surface area contributed by atoms with Gasteiger partial charge in [0.05, 0.1) is 23.8 Å². The third-order valence-corrected chi connectivity index (χ3v) is 5.94. The minimum Gasteiger partial charge on any atom is -0.285 e. The second kappa shape index (κ2) is 6.34. The van der Waals surface area contributed by atoms with Gasteiger partial charge in [0.1, 0.15) is 0 Å². The first-order chi connectivity index (χ1) is 11.0. The second-order valence-electron chi connectivity index (χ2n) is 5.80. The summed E-state index contributed by atoms with van der Waals surface area (Å²) in [4.78, 5) is 8.90. The molecule has 3 heterocycles. The molecule has 0 bridgehead atoms. The van der Waals surface area contributed by atoms with Crippen molar-refractivity contribution in [2.75, 3.05) is 27.2 Å². The van der Waals surface area contributed by atoms with E-state index in [9.17, 15) is 8.42 Å². The summed E-state index contributed by atoms with van der Waals surface area (Å²) in [7, 11) is -0.283. The molecule has 1 aliphatic rings. The SMILES string of the molecule is CN(C)S(=O)(=O)N1CCC[C@@H](c2cncc(-c3cn[nH]c3)n2)C1. The number of H-pyrrole nitrogens is 1. The molecule has 1 aliphatic heterocycles. The van der Waals surface area contributed by atoms with Crippen LogP contribution in [0.2, 0.25) is 0 Å². The van der Waals surface area contributed by atoms with Gasteiger partial charge in [-0.05, 0) is 12.8 Å². The topological polar surface area (TPSA) is 95.1 Å². The average Bonchev–Trinajstić information content (AvgIpc) is 3.09. The van der Waals surface area contributed by atoms with Crippen LogP contribution in [0.5, 0.6) is 0 Å². The Morgan fingerprint density at radius 3 is 2.83 bits per heavy atom. The summed E-state index contributed by atoms with van der Waals surface area (Å²) in [6, 6.07) is 0. The molecular formula is C14H20N6O2S. The van der Waals surface area contributed by atoms with Gasteiger partial charge in [0.25, 0.3) is 10.2 Å². The number of hydrogen-bond donors (Lipinski definition) is 1. The predicted octanol–water partition coefficient (Wildman–Crippen LogP) is 0.852. The zero-order chi connectivity index (χ0) is 16.4. The van der Waals surface area contributed by atoms with Gasteiger partial charge in [0, 0.05) is 51.1 Å². The average molecular weight is 336 g/mol. The van der Waals surface area contributed by atoms with Gasteiger partial charge in [-0.1, -0.05) is 0 Å². The molecular weight excluding hydrogens is 316 g/mol. The Morgan fingerprint density at radius 1 is 1.30 bits per heavy atom. The third kappa shape index (κ3) is 3.26. The maximum absolute atomic E-state index is 12.3. The summed E-state index contributed by atoms with van der Waals surface area (Å²) < 4.78 is 27.4. The molecule has 1 atom stereocenters. The predicted molar refractivity (Wildman–Crippen MR) is 85.8 cm³/mol. The molecule has 0 unspecified atom stereocenters. The number of piperidine rings is 1. The Hall–Kier alpha value is -1.84. The summed E-state index contributed by atoms with van der Waals surface area (Å²) in [6.07, 6.45) is 8.58. The Kier molecular flexibility index (Phi) is 4.42. The van der Waals surface area contributed by atoms with Gasteiger partial charge in [-0.3, -0.25) is 10.1 Å². The molecule has 0 aromatic carbocycles. The highest BCUT2D eigenvalue weighted by Crippen LogP contribution is 2.28. The minimum atomic E-state index is -3.39. The van der Waals surface area contributed by atoms with Gasteiger partial charge < -0.3 is 0 Å². The van der Waals surface area contributed by atoms with E-state index in [4.69, 9.17) is 0 Å². The summed E-state index contributed by atoms with van der Waals surface area (Å²) in [5.74, 6) is 0.0535. The Morgan fingerprint density at radius 2 is 2.13 bits per heavy atom. The number of nitrogens with one attached hydrogen (secondary N) is 1. The van der Waals surface area contributed by atoms with Crippen LogP contribution in [-0.2, 0) is 10.2 Å². The number of nitrogens with zero attached hydrogens (tertiary/aromatic N) is 5. The monoisotopic (exact) mass is 336 g/mol. The summed E-state index contributed by atoms with van der Waals surface area (Å²) in [5, 5.41) is 6.67. The molecule has 0 radical (unpaired) electrons. The highest BCUT2D eigenvalue weighted by atomic mass is 32.2. The smallest absolute Gasteiger partial charge is 0.281 e. The normalized spacial score (nSPS) is 20.0. The van der Waals surface area contributed by atoms with E-state index in [1.54, 1.807) is 38.9 Å². The van der Waals surface area contributed by atoms with Crippen molar-refractivity contribution < 1.29 is 8.42 Å². The molecule has 124 valence electrons. The summed E-state index contributed by atoms with van der Waals surface area (Å²) >= 11 is 0. The van der Waals surface area contributed by atoms with Crippen LogP contribution in [0.4, 0.5) is 0 Å². The molecule has 0 saturated carbocycles. The van der Waals surface area contributed by atoms with Crippen LogP contribution in [0.3, 0.4) is 0 Å². The van der Waals surface area contributed by atoms with E-state index in [-0.39, 0.29) is 5.92 Å². The van der Waals surface area contributed by atoms with E-state index in [1.807, 2.05) is 0 Å². The van der Waals surface area contributed by atoms with Gasteiger partial charge in [-0.25, -0.2) is 4.98 Å². The largest absolute Gasteiger partial charge is 0.285 e. The lowest BCUT2D eigenvalue weighted by atomic mass is 9.96. The van der Waals surface area contributed by atoms with Gasteiger partial charge in [0.2, 0.25) is 0 Å². The lowest BCUT2D eigenvalue weighted by Crippen LogP contribution is -2.45. The molecule has 8 nitrogen and oxygen atoms in total. The lowest BCUT2D eigenvalue weighted by Gasteiger charge is -2.33. The molecule has 0 spiro atoms. The molecule has 0 amide bonds. The van der Waals surface area contributed by atoms with Crippen molar-refractivity contribution in [2.45, 2.75) is 18.8 Å². The number of aromatic amines is 1. The molecule has 2 aromatic heterocycles. The highest BCUT2D eigenvalue weighted by molar-refractivity contribution is 7.86. The first-order valence-corrected chi connectivity index (χ1v) is 8.87. The van der Waals surface area contributed by atoms with Crippen molar-refractivity contribution in [1.29, 1.82) is 0 Å². The fourth-order valence-electron chi connectivity index (χ4n) is 2.73. The maximum atomic E-state index is 12.3. The quantitative estimate of drug-likeness (QED) is 0.893. The van der Waals surface area contributed by atoms with Crippen molar-refractivity contribution in [1.82, 2.24) is 28.8 Å². The van der Waals surface area contributed by atoms with Crippen molar-refractivity contribution in [3.63, 3.8) is 0 Å². The van der Waals surface area contributed by atoms with E-state index in [0.29, 0.717) is 13.1 Å². The number of rotatable bonds is 4. The van der Waals surface area contributed by atoms with Crippen molar-refractivity contribution >= 4 is 10.2 Å². The van der Waals surface area contributed by atoms with Crippen LogP contribution >= 0.6 is 0 Å². The van der Waals surface area contributed by atoms with Gasteiger partial charge in [-0.2, -0.15) is 22.1 Å². The van der Waals surface area contributed by atoms with Crippen LogP contribution < -0.4 is 0 Å². The van der Waals surface area contributed by atoms with Crippen molar-refractivity contribution in [3.8, 4) is 11.3 Å². The third-order valence-electron chi connectivity index (χ3n) is 4.04. The van der Waals surface area contributed by atoms with Crippen molar-refractivity contribution in [2.24, 2.45) is 0 Å². The van der Waals surface area contributed by atoms with E-state index >= 15 is 0 Å². The fourth-order valence-corrected chi connectivity index (χ4v) is 3.92. The number of hydrogen-bond acceptors (Lipinski definition) is 5. The molecule has 9 heteroatoms. The van der Waals surface area contributed by atoms with Crippen LogP contribution in [-0.4, -0.2) is 64.4 Å². The van der Waals surface area contributed by atoms with Crippen molar-refractivity contribution in [3.05, 3.63) is 30.5 Å². The molecule has 1 saturated heterocycles. The highest BCUT2D eigenvalue weighted by Gasteiger charge is 2.31. The van der Waals surface area contributed by atoms with Crippen LogP contribution in [0, 0.1) is 0 Å². The zero-order valence-electron chi connectivity index (χ0n) is 13.2. The van der Waals surface area contributed by atoms with E-state index in [0.717, 1.165) is 29.8 Å². The Labute approximate surface area is 135 Å². The minimum absolute atomic E-state index is 0.0535. The Balaban J connectivity index is 1.83. The maximum Gasteiger partial charge on any atom is 0.281 e. The van der Waals surface area contributed by atoms with Crippen LogP contribution in [0.1, 0.15) is 24.5 Å². The standard InChI is InChI=1S/C14H20N6O2S/c1-19(2)23(21,22)20-5-3-4-11(10-20)13-8-15-9-14(18-13)12-6-16-17-7-12/h6-9,11H,3-5,10H2,1-2H3,(H,16,17)/t11-/m1/s1. The summed E-state index contributed by atoms with van der Waals surface area (Å²) in [6.45, 7) is 0.982. The summed E-state index contributed by atoms with van der Waals surface area (Å²) in [5.41, 5.74) is 2.43. The Bertz CT molecular complexity index is 759. The van der Waals surface area contributed by atoms with E-state index in [2.05, 4.69) is 20.2 Å². The molecule has 1 N–H and O–H groups in total. The van der Waals surface area contributed by atoms with E-state index < -0.39 is 10.2 Å². The van der Waals surface area contributed by atoms with Gasteiger partial charge in [-0.15, -0.1) is 0 Å². The first-order valence-electron chi connectivity index (χ1n) is 7.47. The molecule has 0 aliphatic carbocycles. The van der Waals surface area contributed by atoms with Gasteiger partial charge in [0.15, 0.2) is 0 Å².